The lowest BCUT2D eigenvalue weighted by Crippen LogP contribution is -2.60. The number of hydrogen-bond donors (Lipinski definition) is 2. The number of benzene rings is 1. The number of oxazole rings is 1. The molecule has 3 aromatic heterocycles. The molecule has 1 saturated heterocycles. The quantitative estimate of drug-likeness (QED) is 0.133. The molecule has 0 radical (unpaired) electrons. The predicted octanol–water partition coefficient (Wildman–Crippen LogP) is 7.23. The number of ether oxygens (including phenoxy) is 3. The van der Waals surface area contributed by atoms with Crippen LogP contribution in [0.2, 0.25) is 0 Å². The van der Waals surface area contributed by atoms with E-state index < -0.39 is 41.1 Å². The summed E-state index contributed by atoms with van der Waals surface area (Å²) in [4.78, 5) is 49.4. The van der Waals surface area contributed by atoms with Crippen molar-refractivity contribution in [2.45, 2.75) is 111 Å². The van der Waals surface area contributed by atoms with Crippen molar-refractivity contribution in [2.75, 3.05) is 20.3 Å². The van der Waals surface area contributed by atoms with Crippen LogP contribution in [0.1, 0.15) is 89.9 Å². The number of aryl methyl sites for hydroxylation is 2. The topological polar surface area (TPSA) is 150 Å². The maximum absolute atomic E-state index is 13.8. The molecule has 54 heavy (non-hydrogen) atoms. The molecule has 0 aliphatic carbocycles. The molecule has 0 bridgehead atoms. The van der Waals surface area contributed by atoms with Gasteiger partial charge in [0.2, 0.25) is 0 Å². The Balaban J connectivity index is 1.33. The first kappa shape index (κ1) is 40.9. The van der Waals surface area contributed by atoms with E-state index in [1.807, 2.05) is 13.0 Å². The third-order valence-electron chi connectivity index (χ3n) is 9.40. The van der Waals surface area contributed by atoms with Gasteiger partial charge in [-0.1, -0.05) is 26.0 Å². The molecule has 1 fully saturated rings. The summed E-state index contributed by atoms with van der Waals surface area (Å²) in [5.74, 6) is -0.890. The number of hydrazine groups is 1. The maximum atomic E-state index is 13.8. The highest BCUT2D eigenvalue weighted by atomic mass is 79.9. The molecule has 4 aromatic rings. The molecule has 3 atom stereocenters. The van der Waals surface area contributed by atoms with Crippen molar-refractivity contribution in [3.8, 4) is 11.3 Å². The number of alkyl carbamates (subject to hydrolysis) is 1. The first-order valence-electron chi connectivity index (χ1n) is 18.4. The molecule has 2 N–H and O–H groups in total. The molecule has 0 saturated carbocycles. The Kier molecular flexibility index (Phi) is 12.9. The molecule has 1 aliphatic rings. The average Bonchev–Trinajstić information content (AvgIpc) is 3.67. The summed E-state index contributed by atoms with van der Waals surface area (Å²) in [7, 11) is 1.69. The lowest BCUT2D eigenvalue weighted by atomic mass is 9.84. The Labute approximate surface area is 325 Å². The van der Waals surface area contributed by atoms with Gasteiger partial charge in [-0.2, -0.15) is 0 Å². The van der Waals surface area contributed by atoms with Crippen LogP contribution in [0, 0.1) is 12.3 Å². The number of fused-ring (bicyclic) bond motifs is 1. The highest BCUT2D eigenvalue weighted by Crippen LogP contribution is 2.40. The van der Waals surface area contributed by atoms with Gasteiger partial charge in [-0.05, 0) is 90.1 Å². The molecule has 292 valence electrons. The highest BCUT2D eigenvalue weighted by molar-refractivity contribution is 9.10. The van der Waals surface area contributed by atoms with E-state index in [1.54, 1.807) is 34.1 Å². The predicted molar refractivity (Wildman–Crippen MR) is 208 cm³/mol. The number of aromatic nitrogens is 3. The van der Waals surface area contributed by atoms with E-state index in [0.717, 1.165) is 40.0 Å². The zero-order chi connectivity index (χ0) is 39.4. The second kappa shape index (κ2) is 17.0. The van der Waals surface area contributed by atoms with Gasteiger partial charge in [-0.15, -0.1) is 0 Å². The van der Waals surface area contributed by atoms with Gasteiger partial charge < -0.3 is 28.5 Å². The zero-order valence-electron chi connectivity index (χ0n) is 32.7. The lowest BCUT2D eigenvalue weighted by Gasteiger charge is -2.35. The van der Waals surface area contributed by atoms with Gasteiger partial charge in [0, 0.05) is 70.6 Å². The van der Waals surface area contributed by atoms with Crippen LogP contribution in [0.5, 0.6) is 0 Å². The number of rotatable bonds is 13. The smallest absolute Gasteiger partial charge is 0.408 e. The first-order valence-corrected chi connectivity index (χ1v) is 19.2. The molecule has 4 heterocycles. The number of carbonyl (C=O) groups excluding carboxylic acids is 3. The van der Waals surface area contributed by atoms with Gasteiger partial charge in [0.25, 0.3) is 10.7 Å². The number of pyridine rings is 1. The largest absolute Gasteiger partial charge is 0.464 e. The number of amides is 2. The molecule has 0 unspecified atom stereocenters. The van der Waals surface area contributed by atoms with Crippen LogP contribution in [0.25, 0.3) is 22.2 Å². The summed E-state index contributed by atoms with van der Waals surface area (Å²) in [6.07, 6.45) is 3.96. The molecule has 2 amide bonds. The van der Waals surface area contributed by atoms with Crippen molar-refractivity contribution < 1.29 is 33.0 Å². The number of halogens is 1. The minimum absolute atomic E-state index is 0.0512. The maximum Gasteiger partial charge on any atom is 0.408 e. The Morgan fingerprint density at radius 2 is 1.93 bits per heavy atom. The normalized spacial score (nSPS) is 16.3. The summed E-state index contributed by atoms with van der Waals surface area (Å²) in [5, 5.41) is 5.19. The van der Waals surface area contributed by atoms with Crippen molar-refractivity contribution >= 4 is 44.8 Å². The van der Waals surface area contributed by atoms with Gasteiger partial charge in [-0.3, -0.25) is 19.6 Å². The van der Waals surface area contributed by atoms with Crippen LogP contribution in [0.4, 0.5) is 4.79 Å². The fourth-order valence-electron chi connectivity index (χ4n) is 6.83. The minimum Gasteiger partial charge on any atom is -0.464 e. The van der Waals surface area contributed by atoms with Crippen LogP contribution in [-0.2, 0) is 43.2 Å². The van der Waals surface area contributed by atoms with E-state index in [1.165, 1.54) is 16.8 Å². The second-order valence-electron chi connectivity index (χ2n) is 15.7. The zero-order valence-corrected chi connectivity index (χ0v) is 34.3. The summed E-state index contributed by atoms with van der Waals surface area (Å²) in [5.41, 5.74) is 8.72. The van der Waals surface area contributed by atoms with E-state index in [-0.39, 0.29) is 23.9 Å². The van der Waals surface area contributed by atoms with Crippen molar-refractivity contribution in [3.63, 3.8) is 0 Å². The van der Waals surface area contributed by atoms with Gasteiger partial charge in [-0.25, -0.2) is 15.2 Å². The number of nitrogens with one attached hydrogen (secondary N) is 2. The van der Waals surface area contributed by atoms with Gasteiger partial charge in [0.05, 0.1) is 29.8 Å². The molecule has 5 rings (SSSR count). The SMILES string of the molecule is CCn1c(-c2cccnc2[C@H](C)OC)c(CC(C)(C)COC(=O)[C@@H]2CCCN(C(=O)[C@H](Cc3coc(Br)n3)NC(=O)OC(C)(C)C)N2)c2ccc(C)cc21. The van der Waals surface area contributed by atoms with Crippen molar-refractivity contribution in [1.82, 2.24) is 30.3 Å². The van der Waals surface area contributed by atoms with Crippen LogP contribution >= 0.6 is 15.9 Å². The van der Waals surface area contributed by atoms with Gasteiger partial charge >= 0.3 is 12.1 Å². The molecule has 13 nitrogen and oxygen atoms in total. The Bertz CT molecular complexity index is 1970. The average molecular weight is 810 g/mol. The molecular formula is C40H53BrN6O7. The van der Waals surface area contributed by atoms with Crippen molar-refractivity contribution in [3.05, 3.63) is 70.1 Å². The highest BCUT2D eigenvalue weighted by Gasteiger charge is 2.36. The molecule has 1 aromatic carbocycles. The van der Waals surface area contributed by atoms with Crippen LogP contribution in [-0.4, -0.2) is 75.5 Å². The van der Waals surface area contributed by atoms with Crippen molar-refractivity contribution in [2.24, 2.45) is 5.41 Å². The summed E-state index contributed by atoms with van der Waals surface area (Å²) in [6, 6.07) is 8.79. The number of hydrogen-bond acceptors (Lipinski definition) is 10. The molecule has 0 spiro atoms. The number of methoxy groups -OCH3 is 1. The lowest BCUT2D eigenvalue weighted by molar-refractivity contribution is -0.155. The molecular weight excluding hydrogens is 756 g/mol. The first-order chi connectivity index (χ1) is 25.5. The van der Waals surface area contributed by atoms with Crippen LogP contribution < -0.4 is 10.7 Å². The third kappa shape index (κ3) is 9.88. The third-order valence-corrected chi connectivity index (χ3v) is 9.76. The summed E-state index contributed by atoms with van der Waals surface area (Å²) in [6.45, 7) is 16.9. The fraction of sp³-hybridized carbons (Fsp3) is 0.525. The number of carbonyl (C=O) groups is 3. The number of nitrogens with zero attached hydrogens (tertiary/aromatic N) is 4. The molecule has 14 heteroatoms. The van der Waals surface area contributed by atoms with Crippen molar-refractivity contribution in [1.29, 1.82) is 0 Å². The summed E-state index contributed by atoms with van der Waals surface area (Å²) >= 11 is 3.18. The second-order valence-corrected chi connectivity index (χ2v) is 16.3. The van der Waals surface area contributed by atoms with Gasteiger partial charge in [0.15, 0.2) is 0 Å². The van der Waals surface area contributed by atoms with Crippen LogP contribution in [0.3, 0.4) is 0 Å². The van der Waals surface area contributed by atoms with E-state index >= 15 is 0 Å². The summed E-state index contributed by atoms with van der Waals surface area (Å²) < 4.78 is 24.8. The van der Waals surface area contributed by atoms with Gasteiger partial charge in [0.1, 0.15) is 23.9 Å². The van der Waals surface area contributed by atoms with E-state index in [0.29, 0.717) is 31.5 Å². The monoisotopic (exact) mass is 808 g/mol. The van der Waals surface area contributed by atoms with E-state index in [4.69, 9.17) is 23.6 Å². The standard InChI is InChI=1S/C40H53BrN6O7/c1-10-46-32-19-24(2)15-16-27(32)29(34(46)28-13-11-17-42-33(28)25(3)51-9)21-40(7,8)23-53-36(49)30-14-12-18-47(45-30)35(48)31(20-26-22-52-37(41)43-26)44-38(50)54-39(4,5)6/h11,13,15-17,19,22,25,30-31,45H,10,12,14,18,20-21,23H2,1-9H3,(H,44,50)/t25-,30-,31-/m0/s1. The van der Waals surface area contributed by atoms with Crippen LogP contribution in [0.15, 0.2) is 52.0 Å². The van der Waals surface area contributed by atoms with E-state index in [2.05, 4.69) is 88.2 Å². The minimum atomic E-state index is -1.03. The Morgan fingerprint density at radius 3 is 2.59 bits per heavy atom. The Hall–Kier alpha value is -4.27. The van der Waals surface area contributed by atoms with E-state index in [9.17, 15) is 14.4 Å². The Morgan fingerprint density at radius 1 is 1.17 bits per heavy atom. The number of esters is 1. The fourth-order valence-corrected chi connectivity index (χ4v) is 7.16. The molecule has 1 aliphatic heterocycles.